The van der Waals surface area contributed by atoms with Crippen LogP contribution in [0.4, 0.5) is 0 Å². The summed E-state index contributed by atoms with van der Waals surface area (Å²) in [5.74, 6) is -0.778. The number of aliphatic carboxylic acids is 1. The molecule has 0 saturated carbocycles. The van der Waals surface area contributed by atoms with Crippen LogP contribution in [-0.4, -0.2) is 26.4 Å². The Morgan fingerprint density at radius 2 is 2.05 bits per heavy atom. The van der Waals surface area contributed by atoms with E-state index in [0.29, 0.717) is 11.1 Å². The minimum atomic E-state index is -0.943. The number of nitrogens with zero attached hydrogens (tertiary/aromatic N) is 2. The number of hydrogen-bond donors (Lipinski definition) is 1. The first kappa shape index (κ1) is 15.3. The summed E-state index contributed by atoms with van der Waals surface area (Å²) in [5.41, 5.74) is 1.65. The molecule has 0 radical (unpaired) electrons. The smallest absolute Gasteiger partial charge is 0.313 e. The molecule has 0 atom stereocenters. The molecule has 1 heterocycles. The highest BCUT2D eigenvalue weighted by Crippen LogP contribution is 2.26. The van der Waals surface area contributed by atoms with Crippen LogP contribution in [0.15, 0.2) is 46.5 Å². The molecule has 2 rings (SSSR count). The highest BCUT2D eigenvalue weighted by Gasteiger charge is 2.12. The van der Waals surface area contributed by atoms with Gasteiger partial charge in [-0.2, -0.15) is 4.98 Å². The first-order chi connectivity index (χ1) is 9.99. The highest BCUT2D eigenvalue weighted by atomic mass is 32.2. The van der Waals surface area contributed by atoms with Crippen LogP contribution in [-0.2, 0) is 4.79 Å². The quantitative estimate of drug-likeness (QED) is 0.679. The summed E-state index contributed by atoms with van der Waals surface area (Å²) in [6.45, 7) is 4.16. The van der Waals surface area contributed by atoms with Gasteiger partial charge in [-0.15, -0.1) is 0 Å². The Hall–Kier alpha value is -2.08. The SMILES string of the molecule is CC(C)c1ccccc1-n1ccc(=O)nc1SCC(=O)O. The van der Waals surface area contributed by atoms with E-state index < -0.39 is 5.97 Å². The molecule has 0 aliphatic rings. The molecule has 0 spiro atoms. The fourth-order valence-corrected chi connectivity index (χ4v) is 2.70. The van der Waals surface area contributed by atoms with Crippen molar-refractivity contribution in [1.82, 2.24) is 9.55 Å². The van der Waals surface area contributed by atoms with Gasteiger partial charge in [-0.05, 0) is 17.5 Å². The molecule has 1 aromatic heterocycles. The van der Waals surface area contributed by atoms with E-state index in [-0.39, 0.29) is 11.3 Å². The molecular weight excluding hydrogens is 288 g/mol. The Morgan fingerprint density at radius 1 is 1.33 bits per heavy atom. The van der Waals surface area contributed by atoms with Gasteiger partial charge in [0.2, 0.25) is 0 Å². The lowest BCUT2D eigenvalue weighted by Gasteiger charge is -2.17. The maximum absolute atomic E-state index is 11.5. The Kier molecular flexibility index (Phi) is 4.80. The Bertz CT molecular complexity index is 710. The van der Waals surface area contributed by atoms with Gasteiger partial charge in [0.05, 0.1) is 11.4 Å². The molecule has 0 saturated heterocycles. The van der Waals surface area contributed by atoms with Gasteiger partial charge >= 0.3 is 5.97 Å². The lowest BCUT2D eigenvalue weighted by atomic mass is 10.0. The van der Waals surface area contributed by atoms with Crippen LogP contribution < -0.4 is 5.56 Å². The summed E-state index contributed by atoms with van der Waals surface area (Å²) in [6, 6.07) is 9.20. The van der Waals surface area contributed by atoms with Crippen LogP contribution in [0.2, 0.25) is 0 Å². The molecule has 0 unspecified atom stereocenters. The van der Waals surface area contributed by atoms with Gasteiger partial charge in [-0.1, -0.05) is 43.8 Å². The van der Waals surface area contributed by atoms with Crippen LogP contribution in [0, 0.1) is 0 Å². The molecular formula is C15H16N2O3S. The van der Waals surface area contributed by atoms with Crippen molar-refractivity contribution in [3.63, 3.8) is 0 Å². The van der Waals surface area contributed by atoms with Gasteiger partial charge < -0.3 is 5.11 Å². The second-order valence-electron chi connectivity index (χ2n) is 4.81. The number of hydrogen-bond acceptors (Lipinski definition) is 4. The number of rotatable bonds is 5. The van der Waals surface area contributed by atoms with Crippen molar-refractivity contribution in [1.29, 1.82) is 0 Å². The summed E-state index contributed by atoms with van der Waals surface area (Å²) >= 11 is 1.04. The maximum Gasteiger partial charge on any atom is 0.313 e. The number of para-hydroxylation sites is 1. The zero-order valence-electron chi connectivity index (χ0n) is 11.8. The minimum absolute atomic E-state index is 0.139. The van der Waals surface area contributed by atoms with Crippen LogP contribution in [0.1, 0.15) is 25.3 Å². The maximum atomic E-state index is 11.5. The molecule has 0 amide bonds. The van der Waals surface area contributed by atoms with E-state index in [9.17, 15) is 9.59 Å². The zero-order valence-corrected chi connectivity index (χ0v) is 12.6. The summed E-state index contributed by atoms with van der Waals surface area (Å²) < 4.78 is 1.77. The van der Waals surface area contributed by atoms with Crippen LogP contribution in [0.3, 0.4) is 0 Å². The number of carboxylic acids is 1. The monoisotopic (exact) mass is 304 g/mol. The van der Waals surface area contributed by atoms with Gasteiger partial charge in [0, 0.05) is 12.3 Å². The lowest BCUT2D eigenvalue weighted by Crippen LogP contribution is -2.14. The first-order valence-corrected chi connectivity index (χ1v) is 7.51. The number of thioether (sulfide) groups is 1. The topological polar surface area (TPSA) is 72.2 Å². The third kappa shape index (κ3) is 3.72. The number of benzene rings is 1. The van der Waals surface area contributed by atoms with Crippen molar-refractivity contribution >= 4 is 17.7 Å². The lowest BCUT2D eigenvalue weighted by molar-refractivity contribution is -0.133. The van der Waals surface area contributed by atoms with Crippen molar-refractivity contribution in [2.75, 3.05) is 5.75 Å². The van der Waals surface area contributed by atoms with Gasteiger partial charge in [0.1, 0.15) is 0 Å². The molecule has 5 nitrogen and oxygen atoms in total. The van der Waals surface area contributed by atoms with E-state index in [2.05, 4.69) is 18.8 Å². The number of carboxylic acid groups (broad SMARTS) is 1. The minimum Gasteiger partial charge on any atom is -0.481 e. The molecule has 2 aromatic rings. The molecule has 110 valence electrons. The Balaban J connectivity index is 2.53. The third-order valence-corrected chi connectivity index (χ3v) is 3.86. The average Bonchev–Trinajstić information content (AvgIpc) is 2.45. The highest BCUT2D eigenvalue weighted by molar-refractivity contribution is 7.99. The number of carbonyl (C=O) groups is 1. The predicted octanol–water partition coefficient (Wildman–Crippen LogP) is 2.53. The summed E-state index contributed by atoms with van der Waals surface area (Å²) in [4.78, 5) is 26.1. The molecule has 21 heavy (non-hydrogen) atoms. The van der Waals surface area contributed by atoms with E-state index >= 15 is 0 Å². The van der Waals surface area contributed by atoms with Crippen molar-refractivity contribution in [3.05, 3.63) is 52.4 Å². The third-order valence-electron chi connectivity index (χ3n) is 2.92. The molecule has 0 aliphatic carbocycles. The van der Waals surface area contributed by atoms with E-state index in [0.717, 1.165) is 23.0 Å². The molecule has 6 heteroatoms. The van der Waals surface area contributed by atoms with E-state index in [4.69, 9.17) is 5.11 Å². The summed E-state index contributed by atoms with van der Waals surface area (Å²) in [6.07, 6.45) is 1.64. The zero-order chi connectivity index (χ0) is 15.4. The van der Waals surface area contributed by atoms with Gasteiger partial charge in [-0.3, -0.25) is 14.2 Å². The second-order valence-corrected chi connectivity index (χ2v) is 5.76. The van der Waals surface area contributed by atoms with Gasteiger partial charge in [0.25, 0.3) is 5.56 Å². The number of aromatic nitrogens is 2. The summed E-state index contributed by atoms with van der Waals surface area (Å²) in [7, 11) is 0. The van der Waals surface area contributed by atoms with Crippen molar-refractivity contribution in [2.45, 2.75) is 24.9 Å². The second kappa shape index (κ2) is 6.58. The van der Waals surface area contributed by atoms with Gasteiger partial charge in [-0.25, -0.2) is 0 Å². The van der Waals surface area contributed by atoms with Crippen LogP contribution >= 0.6 is 11.8 Å². The van der Waals surface area contributed by atoms with Crippen LogP contribution in [0.5, 0.6) is 0 Å². The molecule has 1 N–H and O–H groups in total. The van der Waals surface area contributed by atoms with E-state index in [1.165, 1.54) is 6.07 Å². The predicted molar refractivity (Wildman–Crippen MR) is 82.3 cm³/mol. The molecule has 0 fully saturated rings. The van der Waals surface area contributed by atoms with Crippen molar-refractivity contribution < 1.29 is 9.90 Å². The fourth-order valence-electron chi connectivity index (χ4n) is 1.99. The van der Waals surface area contributed by atoms with Crippen molar-refractivity contribution in [3.8, 4) is 5.69 Å². The van der Waals surface area contributed by atoms with Crippen LogP contribution in [0.25, 0.3) is 5.69 Å². The first-order valence-electron chi connectivity index (χ1n) is 6.52. The fraction of sp³-hybridized carbons (Fsp3) is 0.267. The van der Waals surface area contributed by atoms with E-state index in [1.54, 1.807) is 10.8 Å². The van der Waals surface area contributed by atoms with Crippen molar-refractivity contribution in [2.24, 2.45) is 0 Å². The Morgan fingerprint density at radius 3 is 2.71 bits per heavy atom. The normalized spacial score (nSPS) is 10.8. The molecule has 0 bridgehead atoms. The molecule has 0 aliphatic heterocycles. The average molecular weight is 304 g/mol. The Labute approximate surface area is 126 Å². The largest absolute Gasteiger partial charge is 0.481 e. The van der Waals surface area contributed by atoms with E-state index in [1.807, 2.05) is 24.3 Å². The van der Waals surface area contributed by atoms with Gasteiger partial charge in [0.15, 0.2) is 5.16 Å². The summed E-state index contributed by atoms with van der Waals surface area (Å²) in [5, 5.41) is 9.20. The standard InChI is InChI=1S/C15H16N2O3S/c1-10(2)11-5-3-4-6-12(11)17-8-7-13(18)16-15(17)21-9-14(19)20/h3-8,10H,9H2,1-2H3,(H,19,20). The molecule has 1 aromatic carbocycles.